The van der Waals surface area contributed by atoms with E-state index in [1.165, 1.54) is 12.1 Å². The predicted octanol–water partition coefficient (Wildman–Crippen LogP) is 3.29. The maximum Gasteiger partial charge on any atom is 0.171 e. The highest BCUT2D eigenvalue weighted by Gasteiger charge is 2.52. The van der Waals surface area contributed by atoms with Crippen LogP contribution in [0.4, 0.5) is 4.39 Å². The first-order valence-corrected chi connectivity index (χ1v) is 7.07. The van der Waals surface area contributed by atoms with Crippen LogP contribution in [0.1, 0.15) is 23.1 Å². The molecule has 1 N–H and O–H groups in total. The van der Waals surface area contributed by atoms with Crippen LogP contribution >= 0.6 is 0 Å². The molecule has 0 spiro atoms. The lowest BCUT2D eigenvalue weighted by Crippen LogP contribution is -2.29. The Labute approximate surface area is 128 Å². The van der Waals surface area contributed by atoms with Crippen molar-refractivity contribution in [1.29, 1.82) is 10.5 Å². The minimum Gasteiger partial charge on any atom is -0.307 e. The Morgan fingerprint density at radius 2 is 1.59 bits per heavy atom. The highest BCUT2D eigenvalue weighted by atomic mass is 19.1. The van der Waals surface area contributed by atoms with Crippen molar-refractivity contribution in [1.82, 2.24) is 5.32 Å². The Bertz CT molecular complexity index is 727. The van der Waals surface area contributed by atoms with E-state index in [2.05, 4.69) is 17.5 Å². The molecule has 1 fully saturated rings. The molecule has 2 aromatic rings. The van der Waals surface area contributed by atoms with E-state index in [0.29, 0.717) is 6.54 Å². The van der Waals surface area contributed by atoms with Crippen molar-refractivity contribution in [2.45, 2.75) is 12.0 Å². The maximum atomic E-state index is 13.1. The quantitative estimate of drug-likeness (QED) is 0.923. The normalized spacial score (nSPS) is 22.7. The SMILES string of the molecule is N#CC1(C#N)C(c2ccccc2)CNC1c1ccc(F)cc1. The van der Waals surface area contributed by atoms with Gasteiger partial charge in [-0.3, -0.25) is 0 Å². The molecule has 2 atom stereocenters. The Kier molecular flexibility index (Phi) is 3.63. The highest BCUT2D eigenvalue weighted by molar-refractivity contribution is 5.40. The van der Waals surface area contributed by atoms with Gasteiger partial charge in [0.1, 0.15) is 5.82 Å². The first-order chi connectivity index (χ1) is 10.7. The summed E-state index contributed by atoms with van der Waals surface area (Å²) in [5.74, 6) is -0.556. The molecular weight excluding hydrogens is 277 g/mol. The van der Waals surface area contributed by atoms with Gasteiger partial charge in [-0.2, -0.15) is 10.5 Å². The summed E-state index contributed by atoms with van der Waals surface area (Å²) in [6.45, 7) is 0.535. The largest absolute Gasteiger partial charge is 0.307 e. The fourth-order valence-electron chi connectivity index (χ4n) is 3.17. The van der Waals surface area contributed by atoms with Crippen LogP contribution in [-0.4, -0.2) is 6.54 Å². The monoisotopic (exact) mass is 291 g/mol. The molecule has 1 aliphatic rings. The second-order valence-electron chi connectivity index (χ2n) is 5.45. The second kappa shape index (κ2) is 5.60. The molecule has 1 heterocycles. The van der Waals surface area contributed by atoms with Crippen molar-refractivity contribution in [3.05, 3.63) is 71.5 Å². The van der Waals surface area contributed by atoms with Gasteiger partial charge in [0.05, 0.1) is 18.2 Å². The van der Waals surface area contributed by atoms with E-state index in [1.807, 2.05) is 30.3 Å². The number of hydrogen-bond donors (Lipinski definition) is 1. The van der Waals surface area contributed by atoms with Crippen molar-refractivity contribution in [2.75, 3.05) is 6.54 Å². The lowest BCUT2D eigenvalue weighted by Gasteiger charge is -2.26. The summed E-state index contributed by atoms with van der Waals surface area (Å²) in [5.41, 5.74) is 0.504. The summed E-state index contributed by atoms with van der Waals surface area (Å²) in [5, 5.41) is 22.8. The average Bonchev–Trinajstić information content (AvgIpc) is 2.96. The Morgan fingerprint density at radius 1 is 0.955 bits per heavy atom. The zero-order valence-corrected chi connectivity index (χ0v) is 11.8. The molecule has 22 heavy (non-hydrogen) atoms. The molecule has 0 amide bonds. The van der Waals surface area contributed by atoms with Crippen LogP contribution in [-0.2, 0) is 0 Å². The van der Waals surface area contributed by atoms with E-state index in [0.717, 1.165) is 11.1 Å². The number of benzene rings is 2. The summed E-state index contributed by atoms with van der Waals surface area (Å²) in [6.07, 6.45) is 0. The Morgan fingerprint density at radius 3 is 2.18 bits per heavy atom. The van der Waals surface area contributed by atoms with Gasteiger partial charge in [0.2, 0.25) is 0 Å². The first-order valence-electron chi connectivity index (χ1n) is 7.07. The third kappa shape index (κ3) is 2.15. The van der Waals surface area contributed by atoms with E-state index in [1.54, 1.807) is 12.1 Å². The topological polar surface area (TPSA) is 59.6 Å². The van der Waals surface area contributed by atoms with Gasteiger partial charge in [-0.15, -0.1) is 0 Å². The maximum absolute atomic E-state index is 13.1. The average molecular weight is 291 g/mol. The highest BCUT2D eigenvalue weighted by Crippen LogP contribution is 2.49. The Balaban J connectivity index is 2.05. The molecule has 3 nitrogen and oxygen atoms in total. The van der Waals surface area contributed by atoms with E-state index >= 15 is 0 Å². The van der Waals surface area contributed by atoms with Crippen molar-refractivity contribution >= 4 is 0 Å². The molecule has 4 heteroatoms. The van der Waals surface area contributed by atoms with Gasteiger partial charge >= 0.3 is 0 Å². The molecule has 1 saturated heterocycles. The lowest BCUT2D eigenvalue weighted by atomic mass is 9.71. The van der Waals surface area contributed by atoms with Crippen LogP contribution in [0.5, 0.6) is 0 Å². The predicted molar refractivity (Wildman–Crippen MR) is 80.0 cm³/mol. The summed E-state index contributed by atoms with van der Waals surface area (Å²) >= 11 is 0. The minimum absolute atomic E-state index is 0.223. The molecule has 1 aliphatic heterocycles. The van der Waals surface area contributed by atoms with E-state index in [4.69, 9.17) is 0 Å². The number of nitrogens with one attached hydrogen (secondary N) is 1. The van der Waals surface area contributed by atoms with E-state index in [9.17, 15) is 14.9 Å². The summed E-state index contributed by atoms with van der Waals surface area (Å²) in [6, 6.07) is 19.5. The van der Waals surface area contributed by atoms with Crippen LogP contribution in [0, 0.1) is 33.9 Å². The number of hydrogen-bond acceptors (Lipinski definition) is 3. The van der Waals surface area contributed by atoms with Gasteiger partial charge in [-0.05, 0) is 23.3 Å². The molecule has 0 bridgehead atoms. The summed E-state index contributed by atoms with van der Waals surface area (Å²) in [7, 11) is 0. The molecule has 108 valence electrons. The third-order valence-electron chi connectivity index (χ3n) is 4.31. The lowest BCUT2D eigenvalue weighted by molar-refractivity contribution is 0.416. The summed E-state index contributed by atoms with van der Waals surface area (Å²) in [4.78, 5) is 0. The molecule has 2 unspecified atom stereocenters. The van der Waals surface area contributed by atoms with Crippen LogP contribution in [0.3, 0.4) is 0 Å². The standard InChI is InChI=1S/C18H14FN3/c19-15-8-6-14(7-9-15)17-18(11-20,12-21)16(10-22-17)13-4-2-1-3-5-13/h1-9,16-17,22H,10H2. The van der Waals surface area contributed by atoms with Gasteiger partial charge in [0, 0.05) is 12.5 Å². The molecule has 3 rings (SSSR count). The minimum atomic E-state index is -1.21. The van der Waals surface area contributed by atoms with Crippen LogP contribution < -0.4 is 5.32 Å². The van der Waals surface area contributed by atoms with Gasteiger partial charge < -0.3 is 5.32 Å². The first kappa shape index (κ1) is 14.3. The molecule has 0 aliphatic carbocycles. The molecular formula is C18H14FN3. The van der Waals surface area contributed by atoms with Crippen molar-refractivity contribution in [3.63, 3.8) is 0 Å². The molecule has 0 radical (unpaired) electrons. The smallest absolute Gasteiger partial charge is 0.171 e. The van der Waals surface area contributed by atoms with Crippen molar-refractivity contribution in [2.24, 2.45) is 5.41 Å². The fraction of sp³-hybridized carbons (Fsp3) is 0.222. The second-order valence-corrected chi connectivity index (χ2v) is 5.45. The molecule has 2 aromatic carbocycles. The van der Waals surface area contributed by atoms with Gasteiger partial charge in [0.15, 0.2) is 5.41 Å². The number of rotatable bonds is 2. The number of halogens is 1. The fourth-order valence-corrected chi connectivity index (χ4v) is 3.17. The van der Waals surface area contributed by atoms with Crippen molar-refractivity contribution in [3.8, 4) is 12.1 Å². The van der Waals surface area contributed by atoms with Gasteiger partial charge in [-0.25, -0.2) is 4.39 Å². The van der Waals surface area contributed by atoms with Crippen LogP contribution in [0.2, 0.25) is 0 Å². The molecule has 0 aromatic heterocycles. The molecule has 0 saturated carbocycles. The van der Waals surface area contributed by atoms with E-state index < -0.39 is 11.5 Å². The van der Waals surface area contributed by atoms with Gasteiger partial charge in [-0.1, -0.05) is 42.5 Å². The number of nitriles is 2. The zero-order valence-electron chi connectivity index (χ0n) is 11.8. The van der Waals surface area contributed by atoms with Gasteiger partial charge in [0.25, 0.3) is 0 Å². The van der Waals surface area contributed by atoms with E-state index in [-0.39, 0.29) is 11.7 Å². The number of nitrogens with zero attached hydrogens (tertiary/aromatic N) is 2. The summed E-state index contributed by atoms with van der Waals surface area (Å²) < 4.78 is 13.1. The van der Waals surface area contributed by atoms with Crippen LogP contribution in [0.25, 0.3) is 0 Å². The van der Waals surface area contributed by atoms with Crippen LogP contribution in [0.15, 0.2) is 54.6 Å². The Hall–Kier alpha value is -2.69. The zero-order chi connectivity index (χ0) is 15.6. The van der Waals surface area contributed by atoms with Crippen molar-refractivity contribution < 1.29 is 4.39 Å². The third-order valence-corrected chi connectivity index (χ3v) is 4.31.